The molecular formula is C24H31ClN2O2S. The highest BCUT2D eigenvalue weighted by molar-refractivity contribution is 7.99. The Morgan fingerprint density at radius 2 is 1.77 bits per heavy atom. The van der Waals surface area contributed by atoms with Crippen LogP contribution in [-0.2, 0) is 16.1 Å². The first kappa shape index (κ1) is 24.3. The van der Waals surface area contributed by atoms with Gasteiger partial charge in [0.1, 0.15) is 6.04 Å². The SMILES string of the molecule is CC[C@H](C)NC(=O)[C@@H](C)N(Cc1ccccc1C)C(=O)CCSc1ccc(Cl)cc1. The van der Waals surface area contributed by atoms with Crippen molar-refractivity contribution in [3.8, 4) is 0 Å². The van der Waals surface area contributed by atoms with Crippen LogP contribution in [0.25, 0.3) is 0 Å². The summed E-state index contributed by atoms with van der Waals surface area (Å²) in [5, 5.41) is 3.70. The second-order valence-corrected chi connectivity index (χ2v) is 9.10. The molecule has 0 saturated heterocycles. The topological polar surface area (TPSA) is 49.4 Å². The molecule has 0 aliphatic carbocycles. The zero-order valence-electron chi connectivity index (χ0n) is 18.2. The third-order valence-electron chi connectivity index (χ3n) is 5.17. The largest absolute Gasteiger partial charge is 0.352 e. The number of aryl methyl sites for hydroxylation is 1. The number of nitrogens with one attached hydrogen (secondary N) is 1. The van der Waals surface area contributed by atoms with E-state index >= 15 is 0 Å². The summed E-state index contributed by atoms with van der Waals surface area (Å²) in [5.74, 6) is 0.507. The molecule has 0 unspecified atom stereocenters. The van der Waals surface area contributed by atoms with Gasteiger partial charge >= 0.3 is 0 Å². The van der Waals surface area contributed by atoms with Gasteiger partial charge in [0.2, 0.25) is 11.8 Å². The van der Waals surface area contributed by atoms with Crippen LogP contribution in [0.2, 0.25) is 5.02 Å². The van der Waals surface area contributed by atoms with Gasteiger partial charge in [0, 0.05) is 34.7 Å². The lowest BCUT2D eigenvalue weighted by Gasteiger charge is -2.30. The number of thioether (sulfide) groups is 1. The Balaban J connectivity index is 2.08. The van der Waals surface area contributed by atoms with Gasteiger partial charge < -0.3 is 10.2 Å². The van der Waals surface area contributed by atoms with Gasteiger partial charge in [-0.05, 0) is 62.6 Å². The van der Waals surface area contributed by atoms with E-state index in [0.29, 0.717) is 23.7 Å². The molecule has 0 heterocycles. The Labute approximate surface area is 189 Å². The van der Waals surface area contributed by atoms with Crippen molar-refractivity contribution >= 4 is 35.2 Å². The number of benzene rings is 2. The highest BCUT2D eigenvalue weighted by atomic mass is 35.5. The van der Waals surface area contributed by atoms with E-state index in [1.165, 1.54) is 0 Å². The van der Waals surface area contributed by atoms with Gasteiger partial charge in [-0.2, -0.15) is 0 Å². The van der Waals surface area contributed by atoms with Crippen molar-refractivity contribution in [3.05, 3.63) is 64.7 Å². The first-order valence-corrected chi connectivity index (χ1v) is 11.7. The molecule has 2 atom stereocenters. The molecule has 0 radical (unpaired) electrons. The van der Waals surface area contributed by atoms with Crippen LogP contribution >= 0.6 is 23.4 Å². The number of carbonyl (C=O) groups is 2. The molecule has 162 valence electrons. The van der Waals surface area contributed by atoms with Crippen molar-refractivity contribution in [2.24, 2.45) is 0 Å². The maximum Gasteiger partial charge on any atom is 0.242 e. The molecule has 0 aliphatic rings. The van der Waals surface area contributed by atoms with Crippen molar-refractivity contribution in [1.29, 1.82) is 0 Å². The summed E-state index contributed by atoms with van der Waals surface area (Å²) >= 11 is 7.54. The molecule has 2 aromatic carbocycles. The van der Waals surface area contributed by atoms with E-state index in [-0.39, 0.29) is 17.9 Å². The number of amides is 2. The molecule has 0 bridgehead atoms. The predicted octanol–water partition coefficient (Wildman–Crippen LogP) is 5.46. The van der Waals surface area contributed by atoms with E-state index in [0.717, 1.165) is 22.4 Å². The predicted molar refractivity (Wildman–Crippen MR) is 126 cm³/mol. The van der Waals surface area contributed by atoms with Crippen molar-refractivity contribution < 1.29 is 9.59 Å². The number of rotatable bonds is 10. The summed E-state index contributed by atoms with van der Waals surface area (Å²) in [7, 11) is 0. The van der Waals surface area contributed by atoms with Crippen LogP contribution in [0.15, 0.2) is 53.4 Å². The normalized spacial score (nSPS) is 12.8. The average Bonchev–Trinajstić information content (AvgIpc) is 2.73. The van der Waals surface area contributed by atoms with E-state index in [4.69, 9.17) is 11.6 Å². The fraction of sp³-hybridized carbons (Fsp3) is 0.417. The summed E-state index contributed by atoms with van der Waals surface area (Å²) in [6.45, 7) is 8.26. The van der Waals surface area contributed by atoms with E-state index in [9.17, 15) is 9.59 Å². The van der Waals surface area contributed by atoms with E-state index in [1.54, 1.807) is 23.6 Å². The van der Waals surface area contributed by atoms with Gasteiger partial charge in [-0.1, -0.05) is 42.8 Å². The van der Waals surface area contributed by atoms with Crippen molar-refractivity contribution in [2.75, 3.05) is 5.75 Å². The lowest BCUT2D eigenvalue weighted by atomic mass is 10.1. The zero-order chi connectivity index (χ0) is 22.1. The van der Waals surface area contributed by atoms with Gasteiger partial charge in [-0.25, -0.2) is 0 Å². The second kappa shape index (κ2) is 12.0. The molecule has 0 saturated carbocycles. The summed E-state index contributed by atoms with van der Waals surface area (Å²) < 4.78 is 0. The van der Waals surface area contributed by atoms with Crippen molar-refractivity contribution in [1.82, 2.24) is 10.2 Å². The van der Waals surface area contributed by atoms with Crippen LogP contribution in [0.4, 0.5) is 0 Å². The fourth-order valence-electron chi connectivity index (χ4n) is 2.95. The van der Waals surface area contributed by atoms with Gasteiger partial charge in [-0.15, -0.1) is 11.8 Å². The van der Waals surface area contributed by atoms with Crippen LogP contribution in [0.5, 0.6) is 0 Å². The third kappa shape index (κ3) is 7.37. The molecule has 2 amide bonds. The monoisotopic (exact) mass is 446 g/mol. The summed E-state index contributed by atoms with van der Waals surface area (Å²) in [6, 6.07) is 15.1. The Morgan fingerprint density at radius 3 is 2.40 bits per heavy atom. The molecule has 0 aromatic heterocycles. The summed E-state index contributed by atoms with van der Waals surface area (Å²) in [6.07, 6.45) is 1.21. The highest BCUT2D eigenvalue weighted by Gasteiger charge is 2.26. The molecule has 2 rings (SSSR count). The van der Waals surface area contributed by atoms with E-state index in [2.05, 4.69) is 5.32 Å². The Morgan fingerprint density at radius 1 is 1.10 bits per heavy atom. The Bertz CT molecular complexity index is 841. The maximum absolute atomic E-state index is 13.1. The van der Waals surface area contributed by atoms with Gasteiger partial charge in [0.15, 0.2) is 0 Å². The first-order chi connectivity index (χ1) is 14.3. The molecule has 30 heavy (non-hydrogen) atoms. The average molecular weight is 447 g/mol. The molecule has 2 aromatic rings. The van der Waals surface area contributed by atoms with Crippen LogP contribution in [0.3, 0.4) is 0 Å². The minimum atomic E-state index is -0.536. The Hall–Kier alpha value is -1.98. The minimum absolute atomic E-state index is 0.0217. The number of halogens is 1. The standard InChI is InChI=1S/C24H31ClN2O2S/c1-5-18(3)26-24(29)19(4)27(16-20-9-7-6-8-17(20)2)23(28)14-15-30-22-12-10-21(25)11-13-22/h6-13,18-19H,5,14-16H2,1-4H3,(H,26,29)/t18-,19+/m0/s1. The highest BCUT2D eigenvalue weighted by Crippen LogP contribution is 2.22. The van der Waals surface area contributed by atoms with Gasteiger partial charge in [0.25, 0.3) is 0 Å². The van der Waals surface area contributed by atoms with Crippen LogP contribution < -0.4 is 5.32 Å². The lowest BCUT2D eigenvalue weighted by molar-refractivity contribution is -0.140. The molecule has 0 fully saturated rings. The molecule has 6 heteroatoms. The Kier molecular flexibility index (Phi) is 9.73. The molecule has 0 aliphatic heterocycles. The van der Waals surface area contributed by atoms with E-state index in [1.807, 2.05) is 69.3 Å². The van der Waals surface area contributed by atoms with Crippen LogP contribution in [0, 0.1) is 6.92 Å². The second-order valence-electron chi connectivity index (χ2n) is 7.49. The summed E-state index contributed by atoms with van der Waals surface area (Å²) in [4.78, 5) is 28.6. The molecule has 1 N–H and O–H groups in total. The quantitative estimate of drug-likeness (QED) is 0.493. The van der Waals surface area contributed by atoms with Crippen molar-refractivity contribution in [2.45, 2.75) is 64.1 Å². The third-order valence-corrected chi connectivity index (χ3v) is 6.43. The van der Waals surface area contributed by atoms with Gasteiger partial charge in [0.05, 0.1) is 0 Å². The van der Waals surface area contributed by atoms with Crippen LogP contribution in [0.1, 0.15) is 44.7 Å². The van der Waals surface area contributed by atoms with E-state index < -0.39 is 6.04 Å². The lowest BCUT2D eigenvalue weighted by Crippen LogP contribution is -2.49. The fourth-order valence-corrected chi connectivity index (χ4v) is 3.92. The number of hydrogen-bond acceptors (Lipinski definition) is 3. The maximum atomic E-state index is 13.1. The minimum Gasteiger partial charge on any atom is -0.352 e. The van der Waals surface area contributed by atoms with Crippen LogP contribution in [-0.4, -0.2) is 34.6 Å². The first-order valence-electron chi connectivity index (χ1n) is 10.3. The zero-order valence-corrected chi connectivity index (χ0v) is 19.7. The molecule has 4 nitrogen and oxygen atoms in total. The molecule has 0 spiro atoms. The number of nitrogens with zero attached hydrogens (tertiary/aromatic N) is 1. The number of hydrogen-bond donors (Lipinski definition) is 1. The number of carbonyl (C=O) groups excluding carboxylic acids is 2. The molecular weight excluding hydrogens is 416 g/mol. The summed E-state index contributed by atoms with van der Waals surface area (Å²) in [5.41, 5.74) is 2.17. The smallest absolute Gasteiger partial charge is 0.242 e. The van der Waals surface area contributed by atoms with Crippen molar-refractivity contribution in [3.63, 3.8) is 0 Å². The van der Waals surface area contributed by atoms with Gasteiger partial charge in [-0.3, -0.25) is 9.59 Å².